The molecule has 0 aliphatic rings. The lowest BCUT2D eigenvalue weighted by Gasteiger charge is -2.10. The molecular weight excluding hydrogens is 652 g/mol. The van der Waals surface area contributed by atoms with Gasteiger partial charge in [0.15, 0.2) is 11.5 Å². The Kier molecular flexibility index (Phi) is 5.98. The number of furan rings is 2. The standard InChI is InChI=1S/C21H10Br4O5/c22-9-5-13(24)17(15(26)7-9)11-1-3-29-20(11)19(28)21-12(2-4-30-21)18-14(25)6-10(23)8-16(18)27/h1-8,26-27H. The second-order valence-electron chi connectivity index (χ2n) is 6.22. The second kappa shape index (κ2) is 8.37. The van der Waals surface area contributed by atoms with E-state index in [0.29, 0.717) is 40.1 Å². The normalized spacial score (nSPS) is 11.1. The Bertz CT molecular complexity index is 1140. The Balaban J connectivity index is 1.84. The van der Waals surface area contributed by atoms with E-state index in [9.17, 15) is 15.0 Å². The van der Waals surface area contributed by atoms with E-state index in [2.05, 4.69) is 63.7 Å². The number of carbonyl (C=O) groups excluding carboxylic acids is 1. The van der Waals surface area contributed by atoms with Crippen molar-refractivity contribution in [3.8, 4) is 33.8 Å². The van der Waals surface area contributed by atoms with Gasteiger partial charge in [0, 0.05) is 40.1 Å². The third-order valence-electron chi connectivity index (χ3n) is 4.35. The first kappa shape index (κ1) is 21.4. The van der Waals surface area contributed by atoms with E-state index in [4.69, 9.17) is 8.83 Å². The average molecular weight is 662 g/mol. The van der Waals surface area contributed by atoms with Crippen LogP contribution in [0.15, 0.2) is 75.6 Å². The maximum absolute atomic E-state index is 13.3. The first-order valence-electron chi connectivity index (χ1n) is 8.34. The number of phenolic OH excluding ortho intramolecular Hbond substituents is 2. The molecule has 2 aromatic carbocycles. The van der Waals surface area contributed by atoms with E-state index in [-0.39, 0.29) is 23.0 Å². The zero-order valence-corrected chi connectivity index (χ0v) is 21.1. The molecule has 0 aliphatic carbocycles. The van der Waals surface area contributed by atoms with E-state index in [1.54, 1.807) is 24.3 Å². The molecule has 0 radical (unpaired) electrons. The van der Waals surface area contributed by atoms with Gasteiger partial charge in [0.25, 0.3) is 5.78 Å². The van der Waals surface area contributed by atoms with Gasteiger partial charge in [-0.3, -0.25) is 4.79 Å². The summed E-state index contributed by atoms with van der Waals surface area (Å²) < 4.78 is 13.5. The number of halogens is 4. The zero-order valence-electron chi connectivity index (χ0n) is 14.7. The Morgan fingerprint density at radius 2 is 1.10 bits per heavy atom. The van der Waals surface area contributed by atoms with Crippen molar-refractivity contribution in [2.75, 3.05) is 0 Å². The predicted molar refractivity (Wildman–Crippen MR) is 126 cm³/mol. The fourth-order valence-electron chi connectivity index (χ4n) is 3.12. The number of hydrogen-bond donors (Lipinski definition) is 2. The number of carbonyl (C=O) groups is 1. The molecule has 152 valence electrons. The summed E-state index contributed by atoms with van der Waals surface area (Å²) in [6, 6.07) is 9.75. The van der Waals surface area contributed by atoms with Crippen LogP contribution < -0.4 is 0 Å². The Morgan fingerprint density at radius 1 is 0.700 bits per heavy atom. The molecule has 0 saturated carbocycles. The van der Waals surface area contributed by atoms with Gasteiger partial charge in [-0.15, -0.1) is 0 Å². The minimum atomic E-state index is -0.529. The molecule has 9 heteroatoms. The van der Waals surface area contributed by atoms with Gasteiger partial charge in [-0.1, -0.05) is 31.9 Å². The summed E-state index contributed by atoms with van der Waals surface area (Å²) in [6.45, 7) is 0. The highest BCUT2D eigenvalue weighted by molar-refractivity contribution is 9.11. The summed E-state index contributed by atoms with van der Waals surface area (Å²) in [4.78, 5) is 13.3. The van der Waals surface area contributed by atoms with Crippen LogP contribution in [0.4, 0.5) is 0 Å². The molecular formula is C21H10Br4O5. The third kappa shape index (κ3) is 3.79. The monoisotopic (exact) mass is 658 g/mol. The lowest BCUT2D eigenvalue weighted by molar-refractivity contribution is 0.0985. The summed E-state index contributed by atoms with van der Waals surface area (Å²) in [5, 5.41) is 20.9. The van der Waals surface area contributed by atoms with Crippen LogP contribution in [0.5, 0.6) is 11.5 Å². The maximum atomic E-state index is 13.3. The van der Waals surface area contributed by atoms with E-state index >= 15 is 0 Å². The molecule has 4 aromatic rings. The topological polar surface area (TPSA) is 83.8 Å². The van der Waals surface area contributed by atoms with Crippen LogP contribution >= 0.6 is 63.7 Å². The summed E-state index contributed by atoms with van der Waals surface area (Å²) in [5.41, 5.74) is 1.63. The molecule has 0 fully saturated rings. The molecule has 0 aliphatic heterocycles. The number of phenols is 2. The fraction of sp³-hybridized carbons (Fsp3) is 0. The SMILES string of the molecule is O=C(c1occc1-c1c(O)cc(Br)cc1Br)c1occc1-c1c(O)cc(Br)cc1Br. The Labute approximate surface area is 204 Å². The Morgan fingerprint density at radius 3 is 1.47 bits per heavy atom. The van der Waals surface area contributed by atoms with Crippen LogP contribution in [0.3, 0.4) is 0 Å². The number of rotatable bonds is 4. The van der Waals surface area contributed by atoms with Gasteiger partial charge in [0.1, 0.15) is 11.5 Å². The first-order chi connectivity index (χ1) is 14.3. The molecule has 5 nitrogen and oxygen atoms in total. The number of ketones is 1. The lowest BCUT2D eigenvalue weighted by atomic mass is 9.99. The van der Waals surface area contributed by atoms with Gasteiger partial charge in [-0.25, -0.2) is 0 Å². The van der Waals surface area contributed by atoms with E-state index in [1.807, 2.05) is 0 Å². The van der Waals surface area contributed by atoms with Crippen molar-refractivity contribution in [3.63, 3.8) is 0 Å². The van der Waals surface area contributed by atoms with Crippen LogP contribution in [0.2, 0.25) is 0 Å². The van der Waals surface area contributed by atoms with E-state index in [0.717, 1.165) is 0 Å². The third-order valence-corrected chi connectivity index (χ3v) is 6.52. The minimum Gasteiger partial charge on any atom is -0.507 e. The van der Waals surface area contributed by atoms with Gasteiger partial charge in [-0.2, -0.15) is 0 Å². The molecule has 0 spiro atoms. The molecule has 2 heterocycles. The molecule has 0 amide bonds. The summed E-state index contributed by atoms with van der Waals surface area (Å²) >= 11 is 13.5. The highest BCUT2D eigenvalue weighted by Crippen LogP contribution is 2.44. The smallest absolute Gasteiger partial charge is 0.264 e. The second-order valence-corrected chi connectivity index (χ2v) is 9.76. The van der Waals surface area contributed by atoms with Crippen molar-refractivity contribution >= 4 is 69.5 Å². The summed E-state index contributed by atoms with van der Waals surface area (Å²) in [7, 11) is 0. The van der Waals surface area contributed by atoms with Crippen LogP contribution in [-0.2, 0) is 0 Å². The molecule has 0 bridgehead atoms. The van der Waals surface area contributed by atoms with Gasteiger partial charge >= 0.3 is 0 Å². The largest absolute Gasteiger partial charge is 0.507 e. The number of benzene rings is 2. The van der Waals surface area contributed by atoms with Crippen LogP contribution in [0.25, 0.3) is 22.3 Å². The minimum absolute atomic E-state index is 0.00255. The van der Waals surface area contributed by atoms with Gasteiger partial charge in [-0.05, 0) is 68.3 Å². The zero-order chi connectivity index (χ0) is 21.6. The molecule has 0 unspecified atom stereocenters. The van der Waals surface area contributed by atoms with Crippen molar-refractivity contribution in [2.24, 2.45) is 0 Å². The highest BCUT2D eigenvalue weighted by atomic mass is 79.9. The fourth-order valence-corrected chi connectivity index (χ4v) is 5.95. The van der Waals surface area contributed by atoms with Crippen molar-refractivity contribution in [1.29, 1.82) is 0 Å². The van der Waals surface area contributed by atoms with Crippen molar-refractivity contribution in [1.82, 2.24) is 0 Å². The number of hydrogen-bond acceptors (Lipinski definition) is 5. The van der Waals surface area contributed by atoms with Crippen LogP contribution in [0, 0.1) is 0 Å². The molecule has 0 atom stereocenters. The first-order valence-corrected chi connectivity index (χ1v) is 11.5. The van der Waals surface area contributed by atoms with E-state index in [1.165, 1.54) is 24.7 Å². The van der Waals surface area contributed by atoms with Crippen molar-refractivity contribution in [2.45, 2.75) is 0 Å². The van der Waals surface area contributed by atoms with Gasteiger partial charge in [0.05, 0.1) is 12.5 Å². The summed E-state index contributed by atoms with van der Waals surface area (Å²) in [5.74, 6) is -0.590. The van der Waals surface area contributed by atoms with Crippen molar-refractivity contribution < 1.29 is 23.8 Å². The Hall–Kier alpha value is -1.81. The van der Waals surface area contributed by atoms with E-state index < -0.39 is 5.78 Å². The molecule has 0 saturated heterocycles. The molecule has 2 aromatic heterocycles. The average Bonchev–Trinajstić information content (AvgIpc) is 3.29. The van der Waals surface area contributed by atoms with Crippen molar-refractivity contribution in [3.05, 3.63) is 78.3 Å². The van der Waals surface area contributed by atoms with Crippen LogP contribution in [-0.4, -0.2) is 16.0 Å². The predicted octanol–water partition coefficient (Wildman–Crippen LogP) is 7.90. The van der Waals surface area contributed by atoms with Gasteiger partial charge < -0.3 is 19.0 Å². The maximum Gasteiger partial charge on any atom is 0.264 e. The molecule has 30 heavy (non-hydrogen) atoms. The summed E-state index contributed by atoms with van der Waals surface area (Å²) in [6.07, 6.45) is 2.73. The molecule has 2 N–H and O–H groups in total. The quantitative estimate of drug-likeness (QED) is 0.217. The molecule has 4 rings (SSSR count). The van der Waals surface area contributed by atoms with Gasteiger partial charge in [0.2, 0.25) is 0 Å². The number of aromatic hydroxyl groups is 2. The van der Waals surface area contributed by atoms with Crippen LogP contribution in [0.1, 0.15) is 16.3 Å². The highest BCUT2D eigenvalue weighted by Gasteiger charge is 2.28. The lowest BCUT2D eigenvalue weighted by Crippen LogP contribution is -2.02.